The minimum Gasteiger partial charge on any atom is -0.290 e. The van der Waals surface area contributed by atoms with Crippen molar-refractivity contribution in [3.63, 3.8) is 0 Å². The second kappa shape index (κ2) is 8.08. The summed E-state index contributed by atoms with van der Waals surface area (Å²) in [5.74, 6) is -0.0370. The Morgan fingerprint density at radius 3 is 2.00 bits per heavy atom. The zero-order valence-corrected chi connectivity index (χ0v) is 14.6. The summed E-state index contributed by atoms with van der Waals surface area (Å²) in [6.45, 7) is 1.88. The van der Waals surface area contributed by atoms with Crippen molar-refractivity contribution in [2.45, 2.75) is 21.6 Å². The van der Waals surface area contributed by atoms with Crippen molar-refractivity contribution in [3.05, 3.63) is 78.4 Å². The Bertz CT molecular complexity index is 771. The summed E-state index contributed by atoms with van der Waals surface area (Å²) in [4.78, 5) is 25.9. The van der Waals surface area contributed by atoms with Crippen LogP contribution in [0.25, 0.3) is 0 Å². The van der Waals surface area contributed by atoms with Crippen LogP contribution in [0.15, 0.2) is 77.0 Å². The summed E-state index contributed by atoms with van der Waals surface area (Å²) >= 11 is 2.83. The number of pyridine rings is 3. The summed E-state index contributed by atoms with van der Waals surface area (Å²) in [6, 6.07) is 16.8. The number of rotatable bonds is 6. The molecule has 0 N–H and O–H groups in total. The molecule has 0 aliphatic carbocycles. The Labute approximate surface area is 149 Å². The van der Waals surface area contributed by atoms with Crippen molar-refractivity contribution in [2.75, 3.05) is 0 Å². The number of carbonyl (C=O) groups excluding carboxylic acids is 1. The molecule has 0 aromatic carbocycles. The Morgan fingerprint density at radius 1 is 0.875 bits per heavy atom. The lowest BCUT2D eigenvalue weighted by Gasteiger charge is -2.14. The largest absolute Gasteiger partial charge is 0.290 e. The van der Waals surface area contributed by atoms with Gasteiger partial charge < -0.3 is 0 Å². The van der Waals surface area contributed by atoms with Crippen molar-refractivity contribution in [1.29, 1.82) is 0 Å². The molecule has 4 nitrogen and oxygen atoms in total. The second-order valence-corrected chi connectivity index (χ2v) is 7.48. The lowest BCUT2D eigenvalue weighted by molar-refractivity contribution is 0.101. The average Bonchev–Trinajstić information content (AvgIpc) is 2.62. The van der Waals surface area contributed by atoms with Gasteiger partial charge >= 0.3 is 0 Å². The van der Waals surface area contributed by atoms with Crippen LogP contribution in [0.2, 0.25) is 0 Å². The number of Topliss-reactive ketones (excluding diaryl/α,β-unsaturated/α-hetero) is 1. The van der Waals surface area contributed by atoms with Gasteiger partial charge in [0, 0.05) is 18.1 Å². The highest BCUT2D eigenvalue weighted by Gasteiger charge is 2.25. The molecule has 6 heteroatoms. The number of hydrogen-bond donors (Lipinski definition) is 0. The molecule has 0 amide bonds. The van der Waals surface area contributed by atoms with E-state index in [-0.39, 0.29) is 5.78 Å². The van der Waals surface area contributed by atoms with E-state index >= 15 is 0 Å². The highest BCUT2D eigenvalue weighted by molar-refractivity contribution is 8.18. The summed E-state index contributed by atoms with van der Waals surface area (Å²) in [5.41, 5.74) is 1.29. The van der Waals surface area contributed by atoms with Crippen molar-refractivity contribution in [3.8, 4) is 0 Å². The molecule has 3 heterocycles. The lowest BCUT2D eigenvalue weighted by atomic mass is 10.2. The number of carbonyl (C=O) groups is 1. The van der Waals surface area contributed by atoms with E-state index in [1.54, 1.807) is 18.5 Å². The fraction of sp³-hybridized carbons (Fsp3) is 0.111. The fourth-order valence-electron chi connectivity index (χ4n) is 1.99. The highest BCUT2D eigenvalue weighted by Crippen LogP contribution is 2.35. The van der Waals surface area contributed by atoms with E-state index < -0.39 is 4.58 Å². The number of nitrogens with zero attached hydrogens (tertiary/aromatic N) is 3. The first-order valence-electron chi connectivity index (χ1n) is 7.35. The molecular weight excluding hydrogens is 338 g/mol. The summed E-state index contributed by atoms with van der Waals surface area (Å²) in [5, 5.41) is 1.60. The average molecular weight is 353 g/mol. The molecule has 0 saturated carbocycles. The van der Waals surface area contributed by atoms with E-state index in [2.05, 4.69) is 15.0 Å². The molecular formula is C18H15N3OS2. The molecule has 3 aromatic rings. The monoisotopic (exact) mass is 353 g/mol. The maximum Gasteiger partial charge on any atom is 0.204 e. The molecule has 0 bridgehead atoms. The SMILES string of the molecule is Cc1cccc(C(=O)C(Sc2ccccn2)Sc2ccccn2)n1. The van der Waals surface area contributed by atoms with E-state index in [9.17, 15) is 4.79 Å². The zero-order chi connectivity index (χ0) is 16.8. The van der Waals surface area contributed by atoms with Gasteiger partial charge in [0.15, 0.2) is 0 Å². The number of thioether (sulfide) groups is 2. The zero-order valence-electron chi connectivity index (χ0n) is 13.0. The molecule has 0 saturated heterocycles. The molecule has 3 rings (SSSR count). The first-order valence-corrected chi connectivity index (χ1v) is 9.11. The van der Waals surface area contributed by atoms with Crippen LogP contribution in [-0.4, -0.2) is 25.3 Å². The van der Waals surface area contributed by atoms with Crippen molar-refractivity contribution < 1.29 is 4.79 Å². The van der Waals surface area contributed by atoms with Crippen LogP contribution < -0.4 is 0 Å². The summed E-state index contributed by atoms with van der Waals surface area (Å²) in [6.07, 6.45) is 3.44. The molecule has 0 unspecified atom stereocenters. The third-order valence-corrected chi connectivity index (χ3v) is 5.49. The van der Waals surface area contributed by atoms with Crippen LogP contribution in [-0.2, 0) is 0 Å². The number of hydrogen-bond acceptors (Lipinski definition) is 6. The molecule has 0 spiro atoms. The van der Waals surface area contributed by atoms with Crippen LogP contribution in [0.3, 0.4) is 0 Å². The molecule has 0 atom stereocenters. The van der Waals surface area contributed by atoms with E-state index in [4.69, 9.17) is 0 Å². The lowest BCUT2D eigenvalue weighted by Crippen LogP contribution is -2.16. The smallest absolute Gasteiger partial charge is 0.204 e. The normalized spacial score (nSPS) is 10.8. The number of aryl methyl sites for hydroxylation is 1. The summed E-state index contributed by atoms with van der Waals surface area (Å²) in [7, 11) is 0. The first kappa shape index (κ1) is 16.7. The van der Waals surface area contributed by atoms with Crippen LogP contribution in [0.4, 0.5) is 0 Å². The molecule has 0 aliphatic heterocycles. The Balaban J connectivity index is 1.87. The van der Waals surface area contributed by atoms with E-state index in [1.165, 1.54) is 23.5 Å². The Morgan fingerprint density at radius 2 is 1.50 bits per heavy atom. The number of aromatic nitrogens is 3. The quantitative estimate of drug-likeness (QED) is 0.375. The predicted octanol–water partition coefficient (Wildman–Crippen LogP) is 4.27. The molecule has 24 heavy (non-hydrogen) atoms. The molecule has 0 aliphatic rings. The van der Waals surface area contributed by atoms with Crippen molar-refractivity contribution in [2.24, 2.45) is 0 Å². The third-order valence-electron chi connectivity index (χ3n) is 3.09. The standard InChI is InChI=1S/C18H15N3OS2/c1-13-7-6-8-14(21-13)17(22)18(23-15-9-2-4-11-19-15)24-16-10-3-5-12-20-16/h2-12,18H,1H3. The van der Waals surface area contributed by atoms with Crippen molar-refractivity contribution in [1.82, 2.24) is 15.0 Å². The second-order valence-electron chi connectivity index (χ2n) is 4.93. The first-order chi connectivity index (χ1) is 11.7. The van der Waals surface area contributed by atoms with Gasteiger partial charge in [-0.1, -0.05) is 41.7 Å². The van der Waals surface area contributed by atoms with Gasteiger partial charge in [-0.05, 0) is 43.3 Å². The number of ketones is 1. The molecule has 3 aromatic heterocycles. The Kier molecular flexibility index (Phi) is 5.61. The summed E-state index contributed by atoms with van der Waals surface area (Å²) < 4.78 is -0.399. The highest BCUT2D eigenvalue weighted by atomic mass is 32.2. The minimum atomic E-state index is -0.399. The minimum absolute atomic E-state index is 0.0370. The van der Waals surface area contributed by atoms with Gasteiger partial charge in [-0.3, -0.25) is 4.79 Å². The maximum absolute atomic E-state index is 12.9. The maximum atomic E-state index is 12.9. The molecule has 0 fully saturated rings. The molecule has 0 radical (unpaired) electrons. The van der Waals surface area contributed by atoms with Gasteiger partial charge in [0.1, 0.15) is 10.3 Å². The van der Waals surface area contributed by atoms with Crippen molar-refractivity contribution >= 4 is 29.3 Å². The predicted molar refractivity (Wildman–Crippen MR) is 97.3 cm³/mol. The van der Waals surface area contributed by atoms with Crippen LogP contribution in [0, 0.1) is 6.92 Å². The van der Waals surface area contributed by atoms with Gasteiger partial charge in [-0.25, -0.2) is 15.0 Å². The topological polar surface area (TPSA) is 55.7 Å². The van der Waals surface area contributed by atoms with E-state index in [0.29, 0.717) is 5.69 Å². The van der Waals surface area contributed by atoms with Gasteiger partial charge in [-0.15, -0.1) is 0 Å². The third kappa shape index (κ3) is 4.43. The molecule has 120 valence electrons. The van der Waals surface area contributed by atoms with Gasteiger partial charge in [0.2, 0.25) is 5.78 Å². The van der Waals surface area contributed by atoms with Gasteiger partial charge in [0.05, 0.1) is 10.1 Å². The van der Waals surface area contributed by atoms with E-state index in [0.717, 1.165) is 15.7 Å². The van der Waals surface area contributed by atoms with Gasteiger partial charge in [-0.2, -0.15) is 0 Å². The van der Waals surface area contributed by atoms with E-state index in [1.807, 2.05) is 55.5 Å². The fourth-order valence-corrected chi connectivity index (χ4v) is 4.22. The Hall–Kier alpha value is -2.18. The van der Waals surface area contributed by atoms with Crippen LogP contribution >= 0.6 is 23.5 Å². The van der Waals surface area contributed by atoms with Crippen LogP contribution in [0.1, 0.15) is 16.2 Å². The van der Waals surface area contributed by atoms with Gasteiger partial charge in [0.25, 0.3) is 0 Å². The van der Waals surface area contributed by atoms with Crippen LogP contribution in [0.5, 0.6) is 0 Å².